The molecule has 0 spiro atoms. The number of nitrogens with zero attached hydrogens (tertiary/aromatic N) is 3. The molecule has 3 N–H and O–H groups in total. The van der Waals surface area contributed by atoms with Gasteiger partial charge in [-0.15, -0.1) is 0 Å². The number of benzene rings is 4. The lowest BCUT2D eigenvalue weighted by Gasteiger charge is -2.20. The summed E-state index contributed by atoms with van der Waals surface area (Å²) in [5.74, 6) is 0.785. The number of hydrogen-bond acceptors (Lipinski definition) is 4. The topological polar surface area (TPSA) is 83.3 Å². The van der Waals surface area contributed by atoms with Crippen molar-refractivity contribution in [1.29, 1.82) is 0 Å². The molecule has 0 radical (unpaired) electrons. The first kappa shape index (κ1) is 27.1. The normalized spacial score (nSPS) is 11.0. The van der Waals surface area contributed by atoms with E-state index in [0.29, 0.717) is 17.3 Å². The number of carbonyl (C=O) groups excluding carboxylic acids is 1. The summed E-state index contributed by atoms with van der Waals surface area (Å²) < 4.78 is 1.79. The third-order valence-corrected chi connectivity index (χ3v) is 7.33. The van der Waals surface area contributed by atoms with Crippen molar-refractivity contribution in [1.82, 2.24) is 19.9 Å². The third-order valence-electron chi connectivity index (χ3n) is 7.00. The van der Waals surface area contributed by atoms with Crippen molar-refractivity contribution in [3.8, 4) is 11.3 Å². The van der Waals surface area contributed by atoms with Crippen LogP contribution in [0, 0.1) is 0 Å². The van der Waals surface area contributed by atoms with E-state index in [-0.39, 0.29) is 12.1 Å². The van der Waals surface area contributed by atoms with Gasteiger partial charge in [-0.3, -0.25) is 0 Å². The average molecular weight is 571 g/mol. The Kier molecular flexibility index (Phi) is 7.88. The molecule has 0 aliphatic rings. The van der Waals surface area contributed by atoms with Crippen LogP contribution in [0.2, 0.25) is 5.02 Å². The predicted molar refractivity (Wildman–Crippen MR) is 172 cm³/mol. The van der Waals surface area contributed by atoms with Gasteiger partial charge >= 0.3 is 6.03 Å². The van der Waals surface area contributed by atoms with Crippen molar-refractivity contribution in [3.63, 3.8) is 0 Å². The molecule has 2 aromatic heterocycles. The second-order valence-electron chi connectivity index (χ2n) is 9.98. The van der Waals surface area contributed by atoms with Crippen LogP contribution in [-0.2, 0) is 6.54 Å². The van der Waals surface area contributed by atoms with Gasteiger partial charge in [0.2, 0.25) is 0 Å². The molecule has 0 unspecified atom stereocenters. The molecule has 42 heavy (non-hydrogen) atoms. The number of halogens is 1. The van der Waals surface area contributed by atoms with Crippen LogP contribution < -0.4 is 21.4 Å². The van der Waals surface area contributed by atoms with Crippen LogP contribution >= 0.6 is 11.6 Å². The molecule has 0 saturated carbocycles. The van der Waals surface area contributed by atoms with Gasteiger partial charge in [-0.05, 0) is 40.4 Å². The fourth-order valence-electron chi connectivity index (χ4n) is 4.91. The number of nitrogens with one attached hydrogen (secondary N) is 3. The molecular formula is C33H28BClN6O. The molecule has 206 valence electrons. The van der Waals surface area contributed by atoms with E-state index < -0.39 is 0 Å². The fraction of sp³-hybridized carbons (Fsp3) is 0.0606. The van der Waals surface area contributed by atoms with Crippen molar-refractivity contribution in [3.05, 3.63) is 143 Å². The van der Waals surface area contributed by atoms with E-state index in [9.17, 15) is 4.79 Å². The number of carbonyl (C=O) groups is 1. The lowest BCUT2D eigenvalue weighted by Crippen LogP contribution is -2.33. The molecule has 0 saturated heterocycles. The number of aromatic nitrogens is 3. The van der Waals surface area contributed by atoms with E-state index in [1.54, 1.807) is 10.7 Å². The number of hydrogen-bond donors (Lipinski definition) is 3. The minimum Gasteiger partial charge on any atom is -0.366 e. The van der Waals surface area contributed by atoms with E-state index in [1.807, 2.05) is 123 Å². The number of rotatable bonds is 8. The Morgan fingerprint density at radius 1 is 0.857 bits per heavy atom. The highest BCUT2D eigenvalue weighted by Gasteiger charge is 2.17. The molecule has 0 fully saturated rings. The van der Waals surface area contributed by atoms with Gasteiger partial charge in [0, 0.05) is 35.1 Å². The van der Waals surface area contributed by atoms with Crippen LogP contribution in [0.1, 0.15) is 22.7 Å². The van der Waals surface area contributed by atoms with Gasteiger partial charge in [-0.1, -0.05) is 103 Å². The SMILES string of the molecule is Bc1cnn2c(NCc3cccc(NC(=O)NC(c4ccccc4)c4ccccc4)c3)cc(-c3ccccc3Cl)nc12. The fourth-order valence-corrected chi connectivity index (χ4v) is 5.14. The van der Waals surface area contributed by atoms with Crippen LogP contribution in [0.15, 0.2) is 121 Å². The van der Waals surface area contributed by atoms with Crippen LogP contribution in [0.5, 0.6) is 0 Å². The Hall–Kier alpha value is -5.08. The number of fused-ring (bicyclic) bond motifs is 1. The highest BCUT2D eigenvalue weighted by atomic mass is 35.5. The first-order chi connectivity index (χ1) is 20.5. The van der Waals surface area contributed by atoms with Gasteiger partial charge < -0.3 is 16.0 Å². The Labute approximate surface area is 250 Å². The summed E-state index contributed by atoms with van der Waals surface area (Å²) in [5.41, 5.74) is 7.03. The summed E-state index contributed by atoms with van der Waals surface area (Å²) in [6.45, 7) is 0.508. The number of urea groups is 1. The number of amides is 2. The molecule has 9 heteroatoms. The molecule has 0 aliphatic heterocycles. The Morgan fingerprint density at radius 3 is 2.26 bits per heavy atom. The second-order valence-corrected chi connectivity index (χ2v) is 10.4. The van der Waals surface area contributed by atoms with Crippen molar-refractivity contribution in [2.75, 3.05) is 10.6 Å². The highest BCUT2D eigenvalue weighted by Crippen LogP contribution is 2.28. The summed E-state index contributed by atoms with van der Waals surface area (Å²) in [4.78, 5) is 18.0. The van der Waals surface area contributed by atoms with Crippen LogP contribution in [0.25, 0.3) is 16.9 Å². The van der Waals surface area contributed by atoms with Crippen LogP contribution in [-0.4, -0.2) is 28.5 Å². The zero-order chi connectivity index (χ0) is 28.9. The molecule has 6 aromatic rings. The summed E-state index contributed by atoms with van der Waals surface area (Å²) in [7, 11) is 1.98. The molecule has 2 amide bonds. The molecule has 0 atom stereocenters. The molecule has 2 heterocycles. The summed E-state index contributed by atoms with van der Waals surface area (Å²) in [5, 5.41) is 14.8. The number of anilines is 2. The van der Waals surface area contributed by atoms with Crippen LogP contribution in [0.4, 0.5) is 16.3 Å². The van der Waals surface area contributed by atoms with Crippen LogP contribution in [0.3, 0.4) is 0 Å². The first-order valence-electron chi connectivity index (χ1n) is 13.7. The summed E-state index contributed by atoms with van der Waals surface area (Å²) >= 11 is 6.49. The maximum absolute atomic E-state index is 13.1. The second kappa shape index (κ2) is 12.2. The highest BCUT2D eigenvalue weighted by molar-refractivity contribution is 6.36. The smallest absolute Gasteiger partial charge is 0.319 e. The lowest BCUT2D eigenvalue weighted by molar-refractivity contribution is 0.250. The lowest BCUT2D eigenvalue weighted by atomic mass is 9.99. The molecule has 0 bridgehead atoms. The molecule has 6 rings (SSSR count). The predicted octanol–water partition coefficient (Wildman–Crippen LogP) is 5.83. The molecule has 4 aromatic carbocycles. The zero-order valence-corrected chi connectivity index (χ0v) is 23.7. The van der Waals surface area contributed by atoms with Crippen molar-refractivity contribution < 1.29 is 4.79 Å². The summed E-state index contributed by atoms with van der Waals surface area (Å²) in [6.07, 6.45) is 1.80. The molecule has 7 nitrogen and oxygen atoms in total. The van der Waals surface area contributed by atoms with Gasteiger partial charge in [0.15, 0.2) is 5.65 Å². The van der Waals surface area contributed by atoms with Gasteiger partial charge in [-0.25, -0.2) is 9.78 Å². The van der Waals surface area contributed by atoms with Gasteiger partial charge in [0.1, 0.15) is 13.7 Å². The Bertz CT molecular complexity index is 1810. The van der Waals surface area contributed by atoms with E-state index in [4.69, 9.17) is 16.6 Å². The van der Waals surface area contributed by atoms with Crippen molar-refractivity contribution in [2.45, 2.75) is 12.6 Å². The maximum Gasteiger partial charge on any atom is 0.319 e. The first-order valence-corrected chi connectivity index (χ1v) is 14.0. The third kappa shape index (κ3) is 5.99. The molecular weight excluding hydrogens is 543 g/mol. The molecule has 0 aliphatic carbocycles. The van der Waals surface area contributed by atoms with E-state index >= 15 is 0 Å². The average Bonchev–Trinajstić information content (AvgIpc) is 3.40. The minimum atomic E-state index is -0.287. The van der Waals surface area contributed by atoms with E-state index in [0.717, 1.165) is 44.9 Å². The monoisotopic (exact) mass is 570 g/mol. The Balaban J connectivity index is 1.19. The largest absolute Gasteiger partial charge is 0.366 e. The van der Waals surface area contributed by atoms with Crippen molar-refractivity contribution >= 4 is 48.1 Å². The minimum absolute atomic E-state index is 0.281. The van der Waals surface area contributed by atoms with Crippen molar-refractivity contribution in [2.24, 2.45) is 0 Å². The zero-order valence-electron chi connectivity index (χ0n) is 23.0. The maximum atomic E-state index is 13.1. The summed E-state index contributed by atoms with van der Waals surface area (Å²) in [6, 6.07) is 36.7. The quantitative estimate of drug-likeness (QED) is 0.201. The van der Waals surface area contributed by atoms with Gasteiger partial charge in [-0.2, -0.15) is 9.61 Å². The van der Waals surface area contributed by atoms with Gasteiger partial charge in [0.05, 0.1) is 11.7 Å². The van der Waals surface area contributed by atoms with E-state index in [1.165, 1.54) is 0 Å². The van der Waals surface area contributed by atoms with Gasteiger partial charge in [0.25, 0.3) is 0 Å². The van der Waals surface area contributed by atoms with E-state index in [2.05, 4.69) is 21.0 Å². The Morgan fingerprint density at radius 2 is 1.55 bits per heavy atom. The standard InChI is InChI=1S/C33H28BClN6O/c34-27-21-37-41-30(19-29(39-32(27)41)26-16-7-8-17-28(26)35)36-20-22-10-9-15-25(18-22)38-33(42)40-31(23-11-3-1-4-12-23)24-13-5-2-6-14-24/h1-19,21,31,36H,20,34H2,(H2,38,40,42).